The van der Waals surface area contributed by atoms with E-state index in [1.807, 2.05) is 71.6 Å². The van der Waals surface area contributed by atoms with Gasteiger partial charge in [-0.3, -0.25) is 4.90 Å². The van der Waals surface area contributed by atoms with Gasteiger partial charge in [-0.1, -0.05) is 66.7 Å². The van der Waals surface area contributed by atoms with Gasteiger partial charge in [0.05, 0.1) is 12.3 Å². The minimum atomic E-state index is -2.85. The Labute approximate surface area is 216 Å². The highest BCUT2D eigenvalue weighted by atomic mass is 19.3. The number of hydrogen-bond acceptors (Lipinski definition) is 4. The molecule has 1 aliphatic rings. The number of carbonyl (C=O) groups excluding carboxylic acids is 1. The third kappa shape index (κ3) is 7.27. The van der Waals surface area contributed by atoms with Crippen molar-refractivity contribution in [1.82, 2.24) is 9.80 Å². The Morgan fingerprint density at radius 3 is 2.41 bits per heavy atom. The molecule has 8 heteroatoms. The third-order valence-electron chi connectivity index (χ3n) is 6.63. The summed E-state index contributed by atoms with van der Waals surface area (Å²) in [7, 11) is 1.63. The molecule has 0 aliphatic carbocycles. The lowest BCUT2D eigenvalue weighted by Crippen LogP contribution is -2.49. The number of nitrogens with one attached hydrogen (secondary N) is 1. The van der Waals surface area contributed by atoms with Crippen molar-refractivity contribution in [3.63, 3.8) is 0 Å². The van der Waals surface area contributed by atoms with E-state index in [1.165, 1.54) is 0 Å². The van der Waals surface area contributed by atoms with Gasteiger partial charge in [0.15, 0.2) is 0 Å². The number of likely N-dealkylation sites (tertiary alicyclic amines) is 1. The van der Waals surface area contributed by atoms with E-state index in [-0.39, 0.29) is 17.8 Å². The SMILES string of the molecule is COCCN(C(=O)Nc1ccccc1-c1ccccc1)C1CCN(Cc2ccccc2OC(F)F)CC1. The topological polar surface area (TPSA) is 54.0 Å². The number of halogens is 2. The van der Waals surface area contributed by atoms with Crippen molar-refractivity contribution in [3.05, 3.63) is 84.4 Å². The number of para-hydroxylation sites is 2. The van der Waals surface area contributed by atoms with Crippen LogP contribution in [-0.2, 0) is 11.3 Å². The molecule has 196 valence electrons. The Balaban J connectivity index is 1.41. The van der Waals surface area contributed by atoms with E-state index < -0.39 is 6.61 Å². The van der Waals surface area contributed by atoms with Crippen LogP contribution in [0.2, 0.25) is 0 Å². The lowest BCUT2D eigenvalue weighted by Gasteiger charge is -2.38. The molecule has 1 aliphatic heterocycles. The van der Waals surface area contributed by atoms with Crippen molar-refractivity contribution in [2.45, 2.75) is 32.0 Å². The minimum absolute atomic E-state index is 0.0443. The highest BCUT2D eigenvalue weighted by Gasteiger charge is 2.28. The zero-order chi connectivity index (χ0) is 26.0. The van der Waals surface area contributed by atoms with Gasteiger partial charge >= 0.3 is 12.6 Å². The molecule has 0 bridgehead atoms. The number of rotatable bonds is 10. The Morgan fingerprint density at radius 1 is 1.00 bits per heavy atom. The predicted molar refractivity (Wildman–Crippen MR) is 141 cm³/mol. The fraction of sp³-hybridized carbons (Fsp3) is 0.345. The van der Waals surface area contributed by atoms with Crippen LogP contribution in [0.3, 0.4) is 0 Å². The predicted octanol–water partition coefficient (Wildman–Crippen LogP) is 6.10. The number of methoxy groups -OCH3 is 1. The largest absolute Gasteiger partial charge is 0.434 e. The normalized spacial score (nSPS) is 14.5. The number of alkyl halides is 2. The number of hydrogen-bond donors (Lipinski definition) is 1. The Bertz CT molecular complexity index is 1140. The summed E-state index contributed by atoms with van der Waals surface area (Å²) in [6.07, 6.45) is 1.55. The molecule has 0 aromatic heterocycles. The fourth-order valence-corrected chi connectivity index (χ4v) is 4.76. The van der Waals surface area contributed by atoms with Gasteiger partial charge in [0, 0.05) is 50.5 Å². The van der Waals surface area contributed by atoms with E-state index in [0.29, 0.717) is 19.7 Å². The lowest BCUT2D eigenvalue weighted by molar-refractivity contribution is -0.0508. The molecule has 6 nitrogen and oxygen atoms in total. The fourth-order valence-electron chi connectivity index (χ4n) is 4.76. The molecule has 1 saturated heterocycles. The minimum Gasteiger partial charge on any atom is -0.434 e. The first-order chi connectivity index (χ1) is 18.0. The Kier molecular flexibility index (Phi) is 9.46. The van der Waals surface area contributed by atoms with E-state index in [2.05, 4.69) is 15.0 Å². The number of piperidine rings is 1. The quantitative estimate of drug-likeness (QED) is 0.359. The van der Waals surface area contributed by atoms with E-state index in [1.54, 1.807) is 19.2 Å². The van der Waals surface area contributed by atoms with Gasteiger partial charge in [-0.15, -0.1) is 0 Å². The molecule has 37 heavy (non-hydrogen) atoms. The van der Waals surface area contributed by atoms with Crippen LogP contribution in [0.25, 0.3) is 11.1 Å². The van der Waals surface area contributed by atoms with Crippen molar-refractivity contribution in [1.29, 1.82) is 0 Å². The summed E-state index contributed by atoms with van der Waals surface area (Å²) in [6, 6.07) is 24.5. The number of nitrogens with zero attached hydrogens (tertiary/aromatic N) is 2. The molecule has 1 fully saturated rings. The maximum atomic E-state index is 13.5. The van der Waals surface area contributed by atoms with Crippen LogP contribution in [0.15, 0.2) is 78.9 Å². The molecule has 3 aromatic rings. The molecule has 0 spiro atoms. The molecule has 1 N–H and O–H groups in total. The van der Waals surface area contributed by atoms with E-state index >= 15 is 0 Å². The van der Waals surface area contributed by atoms with Crippen molar-refractivity contribution < 1.29 is 23.0 Å². The lowest BCUT2D eigenvalue weighted by atomic mass is 10.0. The van der Waals surface area contributed by atoms with Crippen molar-refractivity contribution >= 4 is 11.7 Å². The van der Waals surface area contributed by atoms with Crippen LogP contribution in [0.4, 0.5) is 19.3 Å². The van der Waals surface area contributed by atoms with Crippen LogP contribution < -0.4 is 10.1 Å². The van der Waals surface area contributed by atoms with E-state index in [4.69, 9.17) is 4.74 Å². The maximum absolute atomic E-state index is 13.5. The molecule has 2 amide bonds. The van der Waals surface area contributed by atoms with Crippen LogP contribution in [0, 0.1) is 0 Å². The summed E-state index contributed by atoms with van der Waals surface area (Å²) < 4.78 is 35.5. The second kappa shape index (κ2) is 13.2. The van der Waals surface area contributed by atoms with E-state index in [9.17, 15) is 13.6 Å². The van der Waals surface area contributed by atoms with Gasteiger partial charge in [0.25, 0.3) is 0 Å². The summed E-state index contributed by atoms with van der Waals surface area (Å²) >= 11 is 0. The standard InChI is InChI=1S/C29H33F2N3O3/c1-36-20-19-34(29(35)32-26-13-7-6-12-25(26)22-9-3-2-4-10-22)24-15-17-33(18-16-24)21-23-11-5-8-14-27(23)37-28(30)31/h2-14,24,28H,15-21H2,1H3,(H,32,35). The summed E-state index contributed by atoms with van der Waals surface area (Å²) in [4.78, 5) is 17.5. The molecule has 0 unspecified atom stereocenters. The molecule has 0 saturated carbocycles. The van der Waals surface area contributed by atoms with Gasteiger partial charge in [-0.2, -0.15) is 8.78 Å². The molecule has 3 aromatic carbocycles. The molecular formula is C29H33F2N3O3. The van der Waals surface area contributed by atoms with Crippen molar-refractivity contribution in [2.24, 2.45) is 0 Å². The van der Waals surface area contributed by atoms with Gasteiger partial charge < -0.3 is 19.7 Å². The van der Waals surface area contributed by atoms with Gasteiger partial charge in [0.1, 0.15) is 5.75 Å². The Hall–Kier alpha value is -3.49. The zero-order valence-electron chi connectivity index (χ0n) is 21.0. The second-order valence-electron chi connectivity index (χ2n) is 9.02. The summed E-state index contributed by atoms with van der Waals surface area (Å²) in [6.45, 7) is 0.0601. The number of anilines is 1. The molecule has 4 rings (SSSR count). The third-order valence-corrected chi connectivity index (χ3v) is 6.63. The number of benzene rings is 3. The molecular weight excluding hydrogens is 476 g/mol. The van der Waals surface area contributed by atoms with Crippen LogP contribution >= 0.6 is 0 Å². The first kappa shape index (κ1) is 26.6. The Morgan fingerprint density at radius 2 is 1.68 bits per heavy atom. The maximum Gasteiger partial charge on any atom is 0.387 e. The average Bonchev–Trinajstić information content (AvgIpc) is 2.91. The molecule has 0 atom stereocenters. The average molecular weight is 510 g/mol. The van der Waals surface area contributed by atoms with Crippen LogP contribution in [0.5, 0.6) is 5.75 Å². The number of urea groups is 1. The zero-order valence-corrected chi connectivity index (χ0v) is 21.0. The number of carbonyl (C=O) groups is 1. The van der Waals surface area contributed by atoms with Crippen LogP contribution in [-0.4, -0.2) is 61.8 Å². The number of amides is 2. The molecule has 1 heterocycles. The van der Waals surface area contributed by atoms with Crippen LogP contribution in [0.1, 0.15) is 18.4 Å². The van der Waals surface area contributed by atoms with Gasteiger partial charge in [-0.25, -0.2) is 4.79 Å². The first-order valence-electron chi connectivity index (χ1n) is 12.5. The van der Waals surface area contributed by atoms with Gasteiger partial charge in [0.2, 0.25) is 0 Å². The summed E-state index contributed by atoms with van der Waals surface area (Å²) in [5.41, 5.74) is 3.48. The highest BCUT2D eigenvalue weighted by molar-refractivity contribution is 5.94. The summed E-state index contributed by atoms with van der Waals surface area (Å²) in [5.74, 6) is 0.206. The monoisotopic (exact) mass is 509 g/mol. The molecule has 0 radical (unpaired) electrons. The van der Waals surface area contributed by atoms with Crippen molar-refractivity contribution in [2.75, 3.05) is 38.7 Å². The smallest absolute Gasteiger partial charge is 0.387 e. The van der Waals surface area contributed by atoms with Gasteiger partial charge in [-0.05, 0) is 30.5 Å². The highest BCUT2D eigenvalue weighted by Crippen LogP contribution is 2.29. The second-order valence-corrected chi connectivity index (χ2v) is 9.02. The summed E-state index contributed by atoms with van der Waals surface area (Å²) in [5, 5.41) is 3.12. The number of ether oxygens (including phenoxy) is 2. The van der Waals surface area contributed by atoms with Crippen molar-refractivity contribution in [3.8, 4) is 16.9 Å². The first-order valence-corrected chi connectivity index (χ1v) is 12.5. The van der Waals surface area contributed by atoms with E-state index in [0.717, 1.165) is 48.3 Å².